The molecule has 0 radical (unpaired) electrons. The van der Waals surface area contributed by atoms with Gasteiger partial charge in [0.15, 0.2) is 5.11 Å². The molecule has 0 fully saturated rings. The van der Waals surface area contributed by atoms with Gasteiger partial charge in [0, 0.05) is 18.2 Å². The maximum Gasteiger partial charge on any atom is 0.273 e. The Labute approximate surface area is 200 Å². The second-order valence-electron chi connectivity index (χ2n) is 6.85. The van der Waals surface area contributed by atoms with Gasteiger partial charge in [0.25, 0.3) is 11.6 Å². The van der Waals surface area contributed by atoms with E-state index in [0.29, 0.717) is 17.9 Å². The van der Waals surface area contributed by atoms with Gasteiger partial charge < -0.3 is 4.74 Å². The molecule has 0 bridgehead atoms. The first-order valence-electron chi connectivity index (χ1n) is 10.0. The van der Waals surface area contributed by atoms with Crippen LogP contribution >= 0.6 is 12.2 Å². The summed E-state index contributed by atoms with van der Waals surface area (Å²) in [6, 6.07) is 22.1. The minimum atomic E-state index is -0.579. The number of carbonyl (C=O) groups excluding carboxylic acids is 2. The lowest BCUT2D eigenvalue weighted by molar-refractivity contribution is -0.384. The van der Waals surface area contributed by atoms with Crippen LogP contribution in [-0.4, -0.2) is 21.9 Å². The zero-order valence-corrected chi connectivity index (χ0v) is 18.6. The summed E-state index contributed by atoms with van der Waals surface area (Å²) in [5, 5.41) is 13.1. The molecule has 0 spiro atoms. The van der Waals surface area contributed by atoms with Crippen LogP contribution in [-0.2, 0) is 11.4 Å². The van der Waals surface area contributed by atoms with Crippen LogP contribution in [0, 0.1) is 10.1 Å². The summed E-state index contributed by atoms with van der Waals surface area (Å²) >= 11 is 5.02. The summed E-state index contributed by atoms with van der Waals surface area (Å²) in [5.41, 5.74) is 6.50. The second kappa shape index (κ2) is 11.9. The predicted octanol–water partition coefficient (Wildman–Crippen LogP) is 3.52. The first-order chi connectivity index (χ1) is 16.4. The van der Waals surface area contributed by atoms with Gasteiger partial charge in [0.1, 0.15) is 12.4 Å². The molecule has 0 aliphatic heterocycles. The van der Waals surface area contributed by atoms with E-state index in [4.69, 9.17) is 17.0 Å². The molecule has 0 atom stereocenters. The van der Waals surface area contributed by atoms with E-state index >= 15 is 0 Å². The van der Waals surface area contributed by atoms with Gasteiger partial charge in [-0.25, -0.2) is 0 Å². The van der Waals surface area contributed by atoms with Crippen molar-refractivity contribution in [3.05, 3.63) is 112 Å². The van der Waals surface area contributed by atoms with Crippen LogP contribution in [0.4, 0.5) is 5.69 Å². The van der Waals surface area contributed by atoms with Crippen LogP contribution < -0.4 is 20.9 Å². The van der Waals surface area contributed by atoms with Crippen LogP contribution in [0.3, 0.4) is 0 Å². The van der Waals surface area contributed by atoms with Gasteiger partial charge in [-0.3, -0.25) is 35.9 Å². The van der Waals surface area contributed by atoms with Gasteiger partial charge in [-0.1, -0.05) is 54.6 Å². The van der Waals surface area contributed by atoms with E-state index in [2.05, 4.69) is 16.2 Å². The third-order valence-electron chi connectivity index (χ3n) is 4.40. The molecule has 0 saturated carbocycles. The van der Waals surface area contributed by atoms with Crippen molar-refractivity contribution < 1.29 is 19.2 Å². The summed E-state index contributed by atoms with van der Waals surface area (Å²) in [5.74, 6) is -0.697. The molecule has 0 saturated heterocycles. The number of nitro groups is 1. The number of ether oxygens (including phenoxy) is 1. The molecule has 2 amide bonds. The highest BCUT2D eigenvalue weighted by atomic mass is 32.1. The Morgan fingerprint density at radius 1 is 0.971 bits per heavy atom. The summed E-state index contributed by atoms with van der Waals surface area (Å²) in [6.45, 7) is 0.296. The minimum Gasteiger partial charge on any atom is -0.488 e. The molecule has 172 valence electrons. The maximum absolute atomic E-state index is 12.6. The standard InChI is InChI=1S/C24H20N4O5S/c29-22(14-13-17-9-6-10-19(15-17)28(31)32)25-24(34)27-26-23(30)20-11-4-5-12-21(20)33-16-18-7-2-1-3-8-18/h1-15H,16H2,(H,26,30)(H2,25,27,29,34)/b14-13+. The number of carbonyl (C=O) groups is 2. The van der Waals surface area contributed by atoms with Crippen molar-refractivity contribution in [3.8, 4) is 5.75 Å². The molecule has 9 nitrogen and oxygen atoms in total. The number of rotatable bonds is 7. The fourth-order valence-corrected chi connectivity index (χ4v) is 2.95. The minimum absolute atomic E-state index is 0.0875. The first-order valence-corrected chi connectivity index (χ1v) is 10.4. The van der Waals surface area contributed by atoms with Crippen LogP contribution in [0.1, 0.15) is 21.5 Å². The van der Waals surface area contributed by atoms with Crippen molar-refractivity contribution in [1.82, 2.24) is 16.2 Å². The summed E-state index contributed by atoms with van der Waals surface area (Å²) in [7, 11) is 0. The highest BCUT2D eigenvalue weighted by molar-refractivity contribution is 7.80. The zero-order valence-electron chi connectivity index (χ0n) is 17.8. The molecular formula is C24H20N4O5S. The fourth-order valence-electron chi connectivity index (χ4n) is 2.80. The smallest absolute Gasteiger partial charge is 0.273 e. The number of benzene rings is 3. The molecule has 0 heterocycles. The zero-order chi connectivity index (χ0) is 24.3. The topological polar surface area (TPSA) is 123 Å². The van der Waals surface area contributed by atoms with E-state index in [-0.39, 0.29) is 16.4 Å². The van der Waals surface area contributed by atoms with Crippen LogP contribution in [0.5, 0.6) is 5.75 Å². The van der Waals surface area contributed by atoms with Crippen LogP contribution in [0.2, 0.25) is 0 Å². The van der Waals surface area contributed by atoms with Crippen molar-refractivity contribution in [1.29, 1.82) is 0 Å². The van der Waals surface area contributed by atoms with Gasteiger partial charge in [-0.05, 0) is 41.6 Å². The number of nitrogens with zero attached hydrogens (tertiary/aromatic N) is 1. The summed E-state index contributed by atoms with van der Waals surface area (Å²) in [6.07, 6.45) is 2.57. The SMILES string of the molecule is O=C(/C=C/c1cccc([N+](=O)[O-])c1)NC(=S)NNC(=O)c1ccccc1OCc1ccccc1. The maximum atomic E-state index is 12.6. The molecule has 0 aliphatic rings. The monoisotopic (exact) mass is 476 g/mol. The molecule has 0 unspecified atom stereocenters. The molecule has 3 rings (SSSR count). The number of nitro benzene ring substituents is 1. The average molecular weight is 477 g/mol. The van der Waals surface area contributed by atoms with Crippen molar-refractivity contribution in [3.63, 3.8) is 0 Å². The number of non-ortho nitro benzene ring substituents is 1. The quantitative estimate of drug-likeness (QED) is 0.206. The van der Waals surface area contributed by atoms with E-state index in [1.54, 1.807) is 30.3 Å². The lowest BCUT2D eigenvalue weighted by Crippen LogP contribution is -2.48. The van der Waals surface area contributed by atoms with Gasteiger partial charge in [-0.15, -0.1) is 0 Å². The predicted molar refractivity (Wildman–Crippen MR) is 131 cm³/mol. The Morgan fingerprint density at radius 3 is 2.47 bits per heavy atom. The molecule has 10 heteroatoms. The first kappa shape index (κ1) is 24.1. The fraction of sp³-hybridized carbons (Fsp3) is 0.0417. The summed E-state index contributed by atoms with van der Waals surface area (Å²) < 4.78 is 5.77. The third-order valence-corrected chi connectivity index (χ3v) is 4.61. The van der Waals surface area contributed by atoms with Crippen molar-refractivity contribution >= 4 is 40.9 Å². The molecule has 3 aromatic carbocycles. The van der Waals surface area contributed by atoms with Crippen molar-refractivity contribution in [2.45, 2.75) is 6.61 Å². The molecule has 0 aromatic heterocycles. The highest BCUT2D eigenvalue weighted by Crippen LogP contribution is 2.19. The van der Waals surface area contributed by atoms with Crippen molar-refractivity contribution in [2.75, 3.05) is 0 Å². The van der Waals surface area contributed by atoms with Gasteiger partial charge in [-0.2, -0.15) is 0 Å². The third kappa shape index (κ3) is 7.24. The lowest BCUT2D eigenvalue weighted by Gasteiger charge is -2.13. The normalized spacial score (nSPS) is 10.4. The van der Waals surface area contributed by atoms with Gasteiger partial charge in [0.2, 0.25) is 5.91 Å². The Morgan fingerprint density at radius 2 is 1.71 bits per heavy atom. The number of hydrazine groups is 1. The number of thiocarbonyl (C=S) groups is 1. The Bertz CT molecular complexity index is 1230. The molecule has 34 heavy (non-hydrogen) atoms. The number of hydrogen-bond donors (Lipinski definition) is 3. The number of amides is 2. The molecular weight excluding hydrogens is 456 g/mol. The Balaban J connectivity index is 1.51. The lowest BCUT2D eigenvalue weighted by atomic mass is 10.2. The largest absolute Gasteiger partial charge is 0.488 e. The molecule has 0 aliphatic carbocycles. The van der Waals surface area contributed by atoms with Crippen LogP contribution in [0.25, 0.3) is 6.08 Å². The van der Waals surface area contributed by atoms with Crippen molar-refractivity contribution in [2.24, 2.45) is 0 Å². The van der Waals surface area contributed by atoms with E-state index in [1.165, 1.54) is 30.4 Å². The number of nitrogens with one attached hydrogen (secondary N) is 3. The van der Waals surface area contributed by atoms with Crippen LogP contribution in [0.15, 0.2) is 84.9 Å². The number of hydrogen-bond acceptors (Lipinski definition) is 6. The summed E-state index contributed by atoms with van der Waals surface area (Å²) in [4.78, 5) is 34.9. The Kier molecular flexibility index (Phi) is 8.42. The Hall–Kier alpha value is -4.57. The molecule has 3 N–H and O–H groups in total. The van der Waals surface area contributed by atoms with E-state index in [9.17, 15) is 19.7 Å². The second-order valence-corrected chi connectivity index (χ2v) is 7.26. The average Bonchev–Trinajstić information content (AvgIpc) is 2.85. The highest BCUT2D eigenvalue weighted by Gasteiger charge is 2.13. The van der Waals surface area contributed by atoms with E-state index in [1.807, 2.05) is 30.3 Å². The van der Waals surface area contributed by atoms with Gasteiger partial charge >= 0.3 is 0 Å². The van der Waals surface area contributed by atoms with E-state index < -0.39 is 16.7 Å². The van der Waals surface area contributed by atoms with E-state index in [0.717, 1.165) is 5.56 Å². The van der Waals surface area contributed by atoms with Gasteiger partial charge in [0.05, 0.1) is 10.5 Å². The number of para-hydroxylation sites is 1. The molecule has 3 aromatic rings.